The number of carbonyl (C=O) groups is 1. The van der Waals surface area contributed by atoms with Crippen LogP contribution in [0, 0.1) is 11.7 Å². The number of anilines is 1. The zero-order valence-corrected chi connectivity index (χ0v) is 17.8. The molecule has 1 amide bonds. The van der Waals surface area contributed by atoms with Gasteiger partial charge in [0.05, 0.1) is 17.4 Å². The first-order valence-electron chi connectivity index (χ1n) is 10.8. The predicted octanol–water partition coefficient (Wildman–Crippen LogP) is 3.66. The number of pyridine rings is 2. The highest BCUT2D eigenvalue weighted by Gasteiger charge is 2.24. The number of aromatic nitrogens is 3. The fraction of sp³-hybridized carbons (Fsp3) is 0.435. The third-order valence-corrected chi connectivity index (χ3v) is 5.76. The van der Waals surface area contributed by atoms with Gasteiger partial charge in [0.2, 0.25) is 0 Å². The number of hydrogen-bond donors (Lipinski definition) is 3. The van der Waals surface area contributed by atoms with Gasteiger partial charge < -0.3 is 15.7 Å². The van der Waals surface area contributed by atoms with Gasteiger partial charge >= 0.3 is 0 Å². The summed E-state index contributed by atoms with van der Waals surface area (Å²) in [6.45, 7) is 4.23. The molecule has 7 nitrogen and oxygen atoms in total. The molecule has 0 spiro atoms. The minimum Gasteiger partial charge on any atom is -0.396 e. The molecular formula is C23H28FN5O2. The van der Waals surface area contributed by atoms with Crippen LogP contribution in [0.1, 0.15) is 49.9 Å². The Kier molecular flexibility index (Phi) is 6.18. The Labute approximate surface area is 180 Å². The number of nitrogens with zero attached hydrogens (tertiary/aromatic N) is 3. The van der Waals surface area contributed by atoms with Gasteiger partial charge in [-0.3, -0.25) is 9.36 Å². The summed E-state index contributed by atoms with van der Waals surface area (Å²) >= 11 is 0. The van der Waals surface area contributed by atoms with E-state index in [1.165, 1.54) is 12.3 Å². The van der Waals surface area contributed by atoms with Gasteiger partial charge in [-0.1, -0.05) is 0 Å². The molecule has 8 heteroatoms. The molecule has 0 aromatic carbocycles. The van der Waals surface area contributed by atoms with E-state index in [9.17, 15) is 14.3 Å². The van der Waals surface area contributed by atoms with Crippen LogP contribution in [0.5, 0.6) is 0 Å². The van der Waals surface area contributed by atoms with Crippen molar-refractivity contribution in [1.29, 1.82) is 0 Å². The quantitative estimate of drug-likeness (QED) is 0.561. The summed E-state index contributed by atoms with van der Waals surface area (Å²) < 4.78 is 15.3. The van der Waals surface area contributed by atoms with E-state index < -0.39 is 0 Å². The summed E-state index contributed by atoms with van der Waals surface area (Å²) in [4.78, 5) is 21.7. The van der Waals surface area contributed by atoms with Gasteiger partial charge in [-0.15, -0.1) is 0 Å². The second-order valence-electron chi connectivity index (χ2n) is 8.51. The summed E-state index contributed by atoms with van der Waals surface area (Å²) in [5, 5.41) is 16.5. The average Bonchev–Trinajstić information content (AvgIpc) is 3.16. The number of nitrogens with one attached hydrogen (secondary N) is 2. The lowest BCUT2D eigenvalue weighted by Crippen LogP contribution is -2.38. The van der Waals surface area contributed by atoms with E-state index in [0.29, 0.717) is 34.0 Å². The summed E-state index contributed by atoms with van der Waals surface area (Å²) in [6, 6.07) is 5.26. The maximum Gasteiger partial charge on any atom is 0.255 e. The van der Waals surface area contributed by atoms with Gasteiger partial charge in [-0.25, -0.2) is 14.4 Å². The molecule has 164 valence electrons. The molecule has 0 atom stereocenters. The molecular weight excluding hydrogens is 397 g/mol. The van der Waals surface area contributed by atoms with E-state index >= 15 is 0 Å². The fourth-order valence-electron chi connectivity index (χ4n) is 4.12. The number of amides is 1. The average molecular weight is 426 g/mol. The van der Waals surface area contributed by atoms with E-state index in [-0.39, 0.29) is 30.4 Å². The number of carbonyl (C=O) groups excluding carboxylic acids is 1. The molecule has 3 N–H and O–H groups in total. The van der Waals surface area contributed by atoms with Crippen molar-refractivity contribution < 1.29 is 14.3 Å². The van der Waals surface area contributed by atoms with Crippen molar-refractivity contribution in [2.75, 3.05) is 11.9 Å². The van der Waals surface area contributed by atoms with Gasteiger partial charge in [-0.2, -0.15) is 0 Å². The second kappa shape index (κ2) is 9.01. The monoisotopic (exact) mass is 425 g/mol. The molecule has 1 aliphatic rings. The van der Waals surface area contributed by atoms with Crippen molar-refractivity contribution in [3.05, 3.63) is 48.2 Å². The standard InChI is InChI=1S/C23H28FN5O2/c1-14(2)27-20-10-21(29-8-7-16-9-17(24)11-26-22(16)29)25-12-19(20)23(31)28-18-5-3-15(13-30)4-6-18/h7-12,14-15,18,30H,3-6,13H2,1-2H3,(H,25,27)(H,28,31). The van der Waals surface area contributed by atoms with Crippen LogP contribution in [-0.4, -0.2) is 44.2 Å². The number of aliphatic hydroxyl groups excluding tert-OH is 1. The number of hydrogen-bond acceptors (Lipinski definition) is 5. The van der Waals surface area contributed by atoms with E-state index in [1.54, 1.807) is 23.0 Å². The van der Waals surface area contributed by atoms with Crippen LogP contribution in [0.3, 0.4) is 0 Å². The first-order valence-corrected chi connectivity index (χ1v) is 10.8. The van der Waals surface area contributed by atoms with Gasteiger partial charge in [0, 0.05) is 42.5 Å². The summed E-state index contributed by atoms with van der Waals surface area (Å²) in [6.07, 6.45) is 8.12. The first-order chi connectivity index (χ1) is 14.9. The molecule has 0 radical (unpaired) electrons. The summed E-state index contributed by atoms with van der Waals surface area (Å²) in [5.41, 5.74) is 1.77. The molecule has 1 saturated carbocycles. The zero-order valence-electron chi connectivity index (χ0n) is 17.8. The maximum atomic E-state index is 13.5. The van der Waals surface area contributed by atoms with E-state index in [4.69, 9.17) is 0 Å². The van der Waals surface area contributed by atoms with Crippen LogP contribution in [0.25, 0.3) is 16.9 Å². The molecule has 0 unspecified atom stereocenters. The van der Waals surface area contributed by atoms with Crippen molar-refractivity contribution in [3.63, 3.8) is 0 Å². The van der Waals surface area contributed by atoms with Crippen LogP contribution in [-0.2, 0) is 0 Å². The van der Waals surface area contributed by atoms with Gasteiger partial charge in [0.1, 0.15) is 17.3 Å². The van der Waals surface area contributed by atoms with Crippen molar-refractivity contribution in [3.8, 4) is 5.82 Å². The molecule has 1 fully saturated rings. The smallest absolute Gasteiger partial charge is 0.255 e. The zero-order chi connectivity index (χ0) is 22.0. The minimum absolute atomic E-state index is 0.106. The Morgan fingerprint density at radius 2 is 2.00 bits per heavy atom. The number of halogens is 1. The van der Waals surface area contributed by atoms with Crippen molar-refractivity contribution in [2.24, 2.45) is 5.92 Å². The largest absolute Gasteiger partial charge is 0.396 e. The van der Waals surface area contributed by atoms with Crippen molar-refractivity contribution >= 4 is 22.6 Å². The van der Waals surface area contributed by atoms with Crippen LogP contribution in [0.4, 0.5) is 10.1 Å². The Morgan fingerprint density at radius 3 is 2.71 bits per heavy atom. The third-order valence-electron chi connectivity index (χ3n) is 5.76. The van der Waals surface area contributed by atoms with Gasteiger partial charge in [0.25, 0.3) is 5.91 Å². The molecule has 1 aliphatic carbocycles. The summed E-state index contributed by atoms with van der Waals surface area (Å²) in [5.74, 6) is 0.385. The Hall–Kier alpha value is -3.00. The third kappa shape index (κ3) is 4.69. The topological polar surface area (TPSA) is 92.1 Å². The lowest BCUT2D eigenvalue weighted by atomic mass is 9.86. The maximum absolute atomic E-state index is 13.5. The first kappa shape index (κ1) is 21.2. The number of rotatable bonds is 6. The van der Waals surface area contributed by atoms with Crippen LogP contribution in [0.15, 0.2) is 36.8 Å². The SMILES string of the molecule is CC(C)Nc1cc(-n2ccc3cc(F)cnc32)ncc1C(=O)NC1CCC(CO)CC1. The van der Waals surface area contributed by atoms with Gasteiger partial charge in [-0.05, 0) is 57.6 Å². The van der Waals surface area contributed by atoms with Crippen LogP contribution >= 0.6 is 0 Å². The number of fused-ring (bicyclic) bond motifs is 1. The number of aliphatic hydroxyl groups is 1. The molecule has 31 heavy (non-hydrogen) atoms. The highest BCUT2D eigenvalue weighted by molar-refractivity contribution is 5.99. The van der Waals surface area contributed by atoms with E-state index in [0.717, 1.165) is 25.7 Å². The molecule has 3 aromatic heterocycles. The van der Waals surface area contributed by atoms with Crippen molar-refractivity contribution in [1.82, 2.24) is 19.9 Å². The lowest BCUT2D eigenvalue weighted by molar-refractivity contribution is 0.0914. The highest BCUT2D eigenvalue weighted by Crippen LogP contribution is 2.26. The molecule has 0 aliphatic heterocycles. The predicted molar refractivity (Wildman–Crippen MR) is 118 cm³/mol. The Morgan fingerprint density at radius 1 is 1.23 bits per heavy atom. The van der Waals surface area contributed by atoms with E-state index in [1.807, 2.05) is 19.9 Å². The molecule has 4 rings (SSSR count). The molecule has 3 heterocycles. The molecule has 3 aromatic rings. The van der Waals surface area contributed by atoms with Crippen molar-refractivity contribution in [2.45, 2.75) is 51.6 Å². The lowest BCUT2D eigenvalue weighted by Gasteiger charge is -2.28. The van der Waals surface area contributed by atoms with E-state index in [2.05, 4.69) is 20.6 Å². The summed E-state index contributed by atoms with van der Waals surface area (Å²) in [7, 11) is 0. The highest BCUT2D eigenvalue weighted by atomic mass is 19.1. The fourth-order valence-corrected chi connectivity index (χ4v) is 4.12. The Bertz CT molecular complexity index is 1070. The second-order valence-corrected chi connectivity index (χ2v) is 8.51. The van der Waals surface area contributed by atoms with Crippen LogP contribution < -0.4 is 10.6 Å². The minimum atomic E-state index is -0.389. The normalized spacial score (nSPS) is 19.0. The Balaban J connectivity index is 1.60. The van der Waals surface area contributed by atoms with Gasteiger partial charge in [0.15, 0.2) is 0 Å². The molecule has 0 bridgehead atoms. The molecule has 0 saturated heterocycles. The van der Waals surface area contributed by atoms with Crippen LogP contribution in [0.2, 0.25) is 0 Å².